The third-order valence-electron chi connectivity index (χ3n) is 1.06. The van der Waals surface area contributed by atoms with Crippen molar-refractivity contribution >= 4 is 17.7 Å². The summed E-state index contributed by atoms with van der Waals surface area (Å²) in [7, 11) is 0. The molecule has 5 nitrogen and oxygen atoms in total. The number of allylic oxidation sites excluding steroid dienone is 1. The fraction of sp³-hybridized carbons (Fsp3) is 0.444. The van der Waals surface area contributed by atoms with Crippen molar-refractivity contribution in [1.82, 2.24) is 0 Å². The summed E-state index contributed by atoms with van der Waals surface area (Å²) in [6.07, 6.45) is 0.916. The molecule has 5 heteroatoms. The van der Waals surface area contributed by atoms with E-state index in [4.69, 9.17) is 0 Å². The summed E-state index contributed by atoms with van der Waals surface area (Å²) in [5.41, 5.74) is 0. The highest BCUT2D eigenvalue weighted by Crippen LogP contribution is 2.01. The lowest BCUT2D eigenvalue weighted by Crippen LogP contribution is -2.14. The Morgan fingerprint density at radius 2 is 1.79 bits per heavy atom. The second kappa shape index (κ2) is 5.90. The summed E-state index contributed by atoms with van der Waals surface area (Å²) in [4.78, 5) is 32.3. The number of hydrogen-bond donors (Lipinski definition) is 0. The highest BCUT2D eigenvalue weighted by atomic mass is 16.6. The van der Waals surface area contributed by atoms with Crippen LogP contribution in [0.5, 0.6) is 0 Å². The van der Waals surface area contributed by atoms with Gasteiger partial charge in [-0.3, -0.25) is 9.59 Å². The molecule has 0 fully saturated rings. The Morgan fingerprint density at radius 3 is 2.14 bits per heavy atom. The van der Waals surface area contributed by atoms with Gasteiger partial charge in [-0.1, -0.05) is 0 Å². The molecule has 0 atom stereocenters. The molecular weight excluding hydrogens is 188 g/mol. The maximum absolute atomic E-state index is 11.1. The topological polar surface area (TPSA) is 69.7 Å². The first-order valence-electron chi connectivity index (χ1n) is 4.05. The first kappa shape index (κ1) is 12.3. The van der Waals surface area contributed by atoms with E-state index in [0.29, 0.717) is 0 Å². The second-order valence-corrected chi connectivity index (χ2v) is 2.43. The van der Waals surface area contributed by atoms with Gasteiger partial charge < -0.3 is 9.47 Å². The minimum atomic E-state index is -0.821. The minimum Gasteiger partial charge on any atom is -0.460 e. The minimum absolute atomic E-state index is 0.148. The first-order chi connectivity index (χ1) is 6.47. The van der Waals surface area contributed by atoms with Crippen LogP contribution in [0.4, 0.5) is 0 Å². The van der Waals surface area contributed by atoms with Crippen molar-refractivity contribution in [2.45, 2.75) is 20.8 Å². The van der Waals surface area contributed by atoms with Crippen LogP contribution in [0.1, 0.15) is 20.8 Å². The lowest BCUT2D eigenvalue weighted by Gasteiger charge is -2.04. The van der Waals surface area contributed by atoms with Gasteiger partial charge in [-0.2, -0.15) is 0 Å². The van der Waals surface area contributed by atoms with Crippen molar-refractivity contribution in [2.24, 2.45) is 0 Å². The molecule has 78 valence electrons. The van der Waals surface area contributed by atoms with Crippen LogP contribution in [-0.2, 0) is 23.9 Å². The number of ether oxygens (including phenoxy) is 2. The van der Waals surface area contributed by atoms with Gasteiger partial charge in [-0.15, -0.1) is 0 Å². The maximum Gasteiger partial charge on any atom is 0.374 e. The van der Waals surface area contributed by atoms with Crippen LogP contribution in [0.3, 0.4) is 0 Å². The first-order valence-corrected chi connectivity index (χ1v) is 4.05. The Labute approximate surface area is 81.7 Å². The molecule has 0 heterocycles. The zero-order chi connectivity index (χ0) is 11.1. The molecule has 0 aromatic heterocycles. The van der Waals surface area contributed by atoms with Gasteiger partial charge >= 0.3 is 11.9 Å². The van der Waals surface area contributed by atoms with Crippen LogP contribution >= 0.6 is 0 Å². The molecule has 0 rings (SSSR count). The van der Waals surface area contributed by atoms with Crippen molar-refractivity contribution in [2.75, 3.05) is 6.61 Å². The van der Waals surface area contributed by atoms with Crippen LogP contribution in [0.2, 0.25) is 0 Å². The number of rotatable bonds is 4. The van der Waals surface area contributed by atoms with E-state index in [0.717, 1.165) is 13.0 Å². The van der Waals surface area contributed by atoms with Crippen LogP contribution in [0.25, 0.3) is 0 Å². The van der Waals surface area contributed by atoms with E-state index in [1.807, 2.05) is 0 Å². The molecule has 0 saturated heterocycles. The molecule has 0 N–H and O–H groups in total. The molecule has 0 amide bonds. The fourth-order valence-corrected chi connectivity index (χ4v) is 0.672. The largest absolute Gasteiger partial charge is 0.460 e. The smallest absolute Gasteiger partial charge is 0.374 e. The molecule has 14 heavy (non-hydrogen) atoms. The zero-order valence-electron chi connectivity index (χ0n) is 8.33. The number of hydrogen-bond acceptors (Lipinski definition) is 5. The van der Waals surface area contributed by atoms with E-state index >= 15 is 0 Å². The van der Waals surface area contributed by atoms with Crippen LogP contribution in [0, 0.1) is 0 Å². The van der Waals surface area contributed by atoms with E-state index in [9.17, 15) is 14.4 Å². The predicted molar refractivity (Wildman–Crippen MR) is 47.2 cm³/mol. The summed E-state index contributed by atoms with van der Waals surface area (Å²) < 4.78 is 9.07. The fourth-order valence-electron chi connectivity index (χ4n) is 0.672. The molecule has 0 bridgehead atoms. The molecule has 0 aliphatic carbocycles. The van der Waals surface area contributed by atoms with E-state index in [2.05, 4.69) is 9.47 Å². The lowest BCUT2D eigenvalue weighted by molar-refractivity contribution is -0.150. The summed E-state index contributed by atoms with van der Waals surface area (Å²) in [6, 6.07) is 0. The Kier molecular flexibility index (Phi) is 5.21. The van der Waals surface area contributed by atoms with Gasteiger partial charge in [0.05, 0.1) is 6.61 Å². The lowest BCUT2D eigenvalue weighted by atomic mass is 10.3. The molecule has 0 radical (unpaired) electrons. The summed E-state index contributed by atoms with van der Waals surface area (Å²) in [6.45, 7) is 4.13. The second-order valence-electron chi connectivity index (χ2n) is 2.43. The molecular formula is C9H12O5. The zero-order valence-corrected chi connectivity index (χ0v) is 8.33. The van der Waals surface area contributed by atoms with Crippen molar-refractivity contribution in [3.63, 3.8) is 0 Å². The predicted octanol–water partition coefficient (Wildman–Crippen LogP) is 0.586. The van der Waals surface area contributed by atoms with Crippen molar-refractivity contribution in [1.29, 1.82) is 0 Å². The Balaban J connectivity index is 4.63. The highest BCUT2D eigenvalue weighted by Gasteiger charge is 2.15. The van der Waals surface area contributed by atoms with Gasteiger partial charge in [0.1, 0.15) is 0 Å². The molecule has 0 aliphatic heterocycles. The number of carbonyl (C=O) groups is 3. The van der Waals surface area contributed by atoms with Gasteiger partial charge in [-0.05, 0) is 13.8 Å². The standard InChI is InChI=1S/C9H12O5/c1-4-13-9(12)8(5-6(2)10)14-7(3)11/h5H,4H2,1-3H3/b8-5-. The quantitative estimate of drug-likeness (QED) is 0.377. The van der Waals surface area contributed by atoms with E-state index in [1.54, 1.807) is 6.92 Å². The van der Waals surface area contributed by atoms with Gasteiger partial charge in [0.2, 0.25) is 5.76 Å². The molecule has 0 unspecified atom stereocenters. The Hall–Kier alpha value is -1.65. The van der Waals surface area contributed by atoms with Crippen LogP contribution in [-0.4, -0.2) is 24.3 Å². The molecule has 0 aromatic rings. The monoisotopic (exact) mass is 200 g/mol. The number of carbonyl (C=O) groups excluding carboxylic acids is 3. The van der Waals surface area contributed by atoms with Crippen molar-refractivity contribution < 1.29 is 23.9 Å². The maximum atomic E-state index is 11.1. The van der Waals surface area contributed by atoms with Gasteiger partial charge in [0.25, 0.3) is 0 Å². The highest BCUT2D eigenvalue weighted by molar-refractivity contribution is 5.98. The summed E-state index contributed by atoms with van der Waals surface area (Å²) in [5.74, 6) is -2.27. The molecule has 0 aliphatic rings. The van der Waals surface area contributed by atoms with Crippen LogP contribution in [0.15, 0.2) is 11.8 Å². The van der Waals surface area contributed by atoms with Crippen molar-refractivity contribution in [3.05, 3.63) is 11.8 Å². The average Bonchev–Trinajstić information content (AvgIpc) is 2.01. The third-order valence-corrected chi connectivity index (χ3v) is 1.06. The van der Waals surface area contributed by atoms with E-state index < -0.39 is 17.7 Å². The Bertz CT molecular complexity index is 277. The van der Waals surface area contributed by atoms with E-state index in [-0.39, 0.29) is 12.4 Å². The van der Waals surface area contributed by atoms with Gasteiger partial charge in [0.15, 0.2) is 5.78 Å². The summed E-state index contributed by atoms with van der Waals surface area (Å²) in [5, 5.41) is 0. The van der Waals surface area contributed by atoms with Gasteiger partial charge in [0, 0.05) is 13.0 Å². The summed E-state index contributed by atoms with van der Waals surface area (Å²) >= 11 is 0. The number of esters is 2. The Morgan fingerprint density at radius 1 is 1.21 bits per heavy atom. The van der Waals surface area contributed by atoms with Crippen molar-refractivity contribution in [3.8, 4) is 0 Å². The SMILES string of the molecule is CCOC(=O)/C(=C/C(C)=O)OC(C)=O. The van der Waals surface area contributed by atoms with Crippen LogP contribution < -0.4 is 0 Å². The molecule has 0 saturated carbocycles. The normalized spacial score (nSPS) is 10.6. The third kappa shape index (κ3) is 5.08. The molecule has 0 aromatic carbocycles. The number of ketones is 1. The average molecular weight is 200 g/mol. The van der Waals surface area contributed by atoms with E-state index in [1.165, 1.54) is 6.92 Å². The molecule has 0 spiro atoms. The van der Waals surface area contributed by atoms with Gasteiger partial charge in [-0.25, -0.2) is 4.79 Å².